The Morgan fingerprint density at radius 3 is 1.92 bits per heavy atom. The summed E-state index contributed by atoms with van der Waals surface area (Å²) in [7, 11) is 3.32. The molecule has 49 heavy (non-hydrogen) atoms. The standard InChI is InChI=1S/C43H42O6/c1-5-35(6-2)43(36-12-16-38(45-3)17-13-36,37-14-18-39(46-4)19-15-37)49-28-33-11-21-41-40-20-10-32(23-34(40)29-48-42(41)24-33)27-47-26-31-9-7-8-30(22-31)25-44/h5-24,44H,1,25-29H2,2-4H3. The number of methoxy groups -OCH3 is 2. The Hall–Kier alpha value is -5.14. The molecule has 0 saturated heterocycles. The minimum absolute atomic E-state index is 0.0231. The van der Waals surface area contributed by atoms with E-state index in [2.05, 4.69) is 43.0 Å². The molecule has 0 atom stereocenters. The second-order valence-electron chi connectivity index (χ2n) is 12.0. The largest absolute Gasteiger partial charge is 0.497 e. The first-order chi connectivity index (χ1) is 24.0. The molecular weight excluding hydrogens is 612 g/mol. The van der Waals surface area contributed by atoms with Gasteiger partial charge in [-0.2, -0.15) is 0 Å². The summed E-state index contributed by atoms with van der Waals surface area (Å²) < 4.78 is 30.3. The van der Waals surface area contributed by atoms with Crippen LogP contribution in [0.5, 0.6) is 17.2 Å². The maximum Gasteiger partial charge on any atom is 0.143 e. The summed E-state index contributed by atoms with van der Waals surface area (Å²) in [6, 6.07) is 36.5. The van der Waals surface area contributed by atoms with Crippen LogP contribution < -0.4 is 14.2 Å². The molecule has 6 nitrogen and oxygen atoms in total. The number of ether oxygens (including phenoxy) is 5. The number of aliphatic hydroxyl groups is 1. The number of aliphatic hydroxyl groups excluding tert-OH is 1. The average molecular weight is 655 g/mol. The smallest absolute Gasteiger partial charge is 0.143 e. The van der Waals surface area contributed by atoms with E-state index in [1.54, 1.807) is 14.2 Å². The molecule has 1 heterocycles. The summed E-state index contributed by atoms with van der Waals surface area (Å²) in [6.07, 6.45) is 3.90. The monoisotopic (exact) mass is 654 g/mol. The topological polar surface area (TPSA) is 66.4 Å². The van der Waals surface area contributed by atoms with Gasteiger partial charge in [0.2, 0.25) is 0 Å². The van der Waals surface area contributed by atoms with Gasteiger partial charge in [-0.1, -0.05) is 91.5 Å². The molecule has 1 aliphatic heterocycles. The lowest BCUT2D eigenvalue weighted by molar-refractivity contribution is -0.000505. The van der Waals surface area contributed by atoms with E-state index in [9.17, 15) is 5.11 Å². The lowest BCUT2D eigenvalue weighted by Crippen LogP contribution is -2.33. The number of hydrogen-bond acceptors (Lipinski definition) is 6. The number of hydrogen-bond donors (Lipinski definition) is 1. The minimum atomic E-state index is -0.946. The van der Waals surface area contributed by atoms with Crippen molar-refractivity contribution in [3.8, 4) is 28.4 Å². The van der Waals surface area contributed by atoms with Gasteiger partial charge in [-0.3, -0.25) is 0 Å². The van der Waals surface area contributed by atoms with Gasteiger partial charge in [0.05, 0.1) is 40.6 Å². The van der Waals surface area contributed by atoms with Crippen molar-refractivity contribution in [2.24, 2.45) is 0 Å². The number of benzene rings is 5. The summed E-state index contributed by atoms with van der Waals surface area (Å²) >= 11 is 0. The molecule has 5 aromatic rings. The summed E-state index contributed by atoms with van der Waals surface area (Å²) in [5, 5.41) is 9.41. The molecule has 1 aliphatic rings. The highest BCUT2D eigenvalue weighted by Crippen LogP contribution is 2.44. The molecule has 250 valence electrons. The molecule has 1 N–H and O–H groups in total. The Balaban J connectivity index is 1.24. The first kappa shape index (κ1) is 33.7. The summed E-state index contributed by atoms with van der Waals surface area (Å²) in [6.45, 7) is 7.95. The molecule has 0 amide bonds. The Labute approximate surface area is 288 Å². The van der Waals surface area contributed by atoms with E-state index in [-0.39, 0.29) is 6.61 Å². The molecule has 0 radical (unpaired) electrons. The van der Waals surface area contributed by atoms with Crippen LogP contribution in [0.15, 0.2) is 133 Å². The normalized spacial score (nSPS) is 12.4. The lowest BCUT2D eigenvalue weighted by atomic mass is 9.79. The van der Waals surface area contributed by atoms with Gasteiger partial charge >= 0.3 is 0 Å². The SMILES string of the molecule is C=CC(=CC)C(OCc1ccc2c(c1)OCc1cc(COCc3cccc(CO)c3)ccc1-2)(c1ccc(OC)cc1)c1ccc(OC)cc1. The lowest BCUT2D eigenvalue weighted by Gasteiger charge is -2.37. The molecule has 0 bridgehead atoms. The van der Waals surface area contributed by atoms with Crippen LogP contribution in [0.1, 0.15) is 45.9 Å². The van der Waals surface area contributed by atoms with Crippen molar-refractivity contribution in [2.75, 3.05) is 14.2 Å². The van der Waals surface area contributed by atoms with Crippen molar-refractivity contribution in [1.29, 1.82) is 0 Å². The number of fused-ring (bicyclic) bond motifs is 3. The van der Waals surface area contributed by atoms with Crippen LogP contribution in [0.4, 0.5) is 0 Å². The zero-order valence-corrected chi connectivity index (χ0v) is 28.3. The fraction of sp³-hybridized carbons (Fsp3) is 0.209. The van der Waals surface area contributed by atoms with Crippen molar-refractivity contribution < 1.29 is 28.8 Å². The van der Waals surface area contributed by atoms with E-state index >= 15 is 0 Å². The Morgan fingerprint density at radius 1 is 0.735 bits per heavy atom. The van der Waals surface area contributed by atoms with Crippen LogP contribution in [0.2, 0.25) is 0 Å². The predicted molar refractivity (Wildman–Crippen MR) is 193 cm³/mol. The van der Waals surface area contributed by atoms with Crippen LogP contribution in [0.3, 0.4) is 0 Å². The van der Waals surface area contributed by atoms with Crippen LogP contribution in [0.25, 0.3) is 11.1 Å². The van der Waals surface area contributed by atoms with Gasteiger partial charge in [0.25, 0.3) is 0 Å². The van der Waals surface area contributed by atoms with Crippen molar-refractivity contribution in [3.05, 3.63) is 172 Å². The molecule has 0 aliphatic carbocycles. The van der Waals surface area contributed by atoms with Crippen molar-refractivity contribution in [2.45, 2.75) is 45.6 Å². The maximum atomic E-state index is 9.41. The zero-order valence-electron chi connectivity index (χ0n) is 28.3. The fourth-order valence-corrected chi connectivity index (χ4v) is 6.44. The van der Waals surface area contributed by atoms with Crippen molar-refractivity contribution >= 4 is 0 Å². The summed E-state index contributed by atoms with van der Waals surface area (Å²) in [5.41, 5.74) is 9.21. The Morgan fingerprint density at radius 2 is 1.33 bits per heavy atom. The van der Waals surface area contributed by atoms with Gasteiger partial charge in [0, 0.05) is 5.56 Å². The third kappa shape index (κ3) is 7.18. The average Bonchev–Trinajstić information content (AvgIpc) is 3.16. The molecule has 0 saturated carbocycles. The van der Waals surface area contributed by atoms with Gasteiger partial charge in [0.15, 0.2) is 0 Å². The molecule has 0 unspecified atom stereocenters. The highest BCUT2D eigenvalue weighted by atomic mass is 16.5. The second-order valence-corrected chi connectivity index (χ2v) is 12.0. The van der Waals surface area contributed by atoms with E-state index in [0.717, 1.165) is 72.9 Å². The van der Waals surface area contributed by atoms with Crippen LogP contribution in [-0.2, 0) is 48.1 Å². The quantitative estimate of drug-likeness (QED) is 0.121. The molecule has 0 fully saturated rings. The Bertz CT molecular complexity index is 1880. The van der Waals surface area contributed by atoms with E-state index in [1.165, 1.54) is 0 Å². The fourth-order valence-electron chi connectivity index (χ4n) is 6.44. The van der Waals surface area contributed by atoms with E-state index in [0.29, 0.717) is 26.4 Å². The summed E-state index contributed by atoms with van der Waals surface area (Å²) in [5.74, 6) is 2.37. The van der Waals surface area contributed by atoms with Gasteiger partial charge in [-0.25, -0.2) is 0 Å². The van der Waals surface area contributed by atoms with Gasteiger partial charge in [-0.05, 0) is 93.4 Å². The van der Waals surface area contributed by atoms with Crippen molar-refractivity contribution in [3.63, 3.8) is 0 Å². The first-order valence-corrected chi connectivity index (χ1v) is 16.4. The first-order valence-electron chi connectivity index (χ1n) is 16.4. The molecule has 6 rings (SSSR count). The highest BCUT2D eigenvalue weighted by molar-refractivity contribution is 5.75. The van der Waals surface area contributed by atoms with Gasteiger partial charge in [0.1, 0.15) is 29.5 Å². The molecule has 6 heteroatoms. The van der Waals surface area contributed by atoms with Crippen LogP contribution >= 0.6 is 0 Å². The highest BCUT2D eigenvalue weighted by Gasteiger charge is 2.38. The van der Waals surface area contributed by atoms with Crippen molar-refractivity contribution in [1.82, 2.24) is 0 Å². The minimum Gasteiger partial charge on any atom is -0.497 e. The van der Waals surface area contributed by atoms with Crippen LogP contribution in [0, 0.1) is 0 Å². The van der Waals surface area contributed by atoms with E-state index in [1.807, 2.05) is 91.9 Å². The third-order valence-electron chi connectivity index (χ3n) is 8.99. The maximum absolute atomic E-state index is 9.41. The second kappa shape index (κ2) is 15.4. The Kier molecular flexibility index (Phi) is 10.6. The molecule has 0 aromatic heterocycles. The van der Waals surface area contributed by atoms with Crippen LogP contribution in [-0.4, -0.2) is 19.3 Å². The number of rotatable bonds is 14. The van der Waals surface area contributed by atoms with Gasteiger partial charge in [-0.15, -0.1) is 0 Å². The van der Waals surface area contributed by atoms with E-state index < -0.39 is 5.60 Å². The predicted octanol–water partition coefficient (Wildman–Crippen LogP) is 9.07. The van der Waals surface area contributed by atoms with Gasteiger partial charge < -0.3 is 28.8 Å². The van der Waals surface area contributed by atoms with E-state index in [4.69, 9.17) is 23.7 Å². The molecule has 5 aromatic carbocycles. The molecule has 0 spiro atoms. The molecular formula is C43H42O6. The number of allylic oxidation sites excluding steroid dienone is 1. The zero-order chi connectivity index (χ0) is 34.2. The third-order valence-corrected chi connectivity index (χ3v) is 8.99. The summed E-state index contributed by atoms with van der Waals surface area (Å²) in [4.78, 5) is 0.